The van der Waals surface area contributed by atoms with Crippen LogP contribution in [-0.4, -0.2) is 24.9 Å². The third kappa shape index (κ3) is 2.36. The lowest BCUT2D eigenvalue weighted by molar-refractivity contribution is 0.320. The second-order valence-corrected chi connectivity index (χ2v) is 2.34. The second-order valence-electron chi connectivity index (χ2n) is 2.34. The highest BCUT2D eigenvalue weighted by atomic mass is 15.1. The van der Waals surface area contributed by atoms with Crippen molar-refractivity contribution in [1.82, 2.24) is 4.81 Å². The Bertz CT molecular complexity index is 53.5. The van der Waals surface area contributed by atoms with E-state index in [-0.39, 0.29) is 0 Å². The maximum atomic E-state index is 2.58. The second kappa shape index (κ2) is 3.13. The van der Waals surface area contributed by atoms with Crippen molar-refractivity contribution in [3.8, 4) is 0 Å². The van der Waals surface area contributed by atoms with Gasteiger partial charge in [-0.25, -0.2) is 0 Å². The van der Waals surface area contributed by atoms with Crippen LogP contribution in [0.4, 0.5) is 0 Å². The molecule has 8 heavy (non-hydrogen) atoms. The van der Waals surface area contributed by atoms with Gasteiger partial charge >= 0.3 is 0 Å². The van der Waals surface area contributed by atoms with Crippen molar-refractivity contribution in [3.05, 3.63) is 0 Å². The van der Waals surface area contributed by atoms with E-state index in [1.165, 1.54) is 0 Å². The monoisotopic (exact) mass is 114 g/mol. The summed E-state index contributed by atoms with van der Waals surface area (Å²) in [4.78, 5) is 2.58. The molecule has 0 N–H and O–H groups in total. The van der Waals surface area contributed by atoms with Crippen molar-refractivity contribution >= 4 is 7.98 Å². The van der Waals surface area contributed by atoms with Crippen LogP contribution in [0.1, 0.15) is 27.7 Å². The van der Waals surface area contributed by atoms with Gasteiger partial charge in [-0.3, -0.25) is 0 Å². The summed E-state index contributed by atoms with van der Waals surface area (Å²) in [5.74, 6) is 0. The molecule has 0 aromatic carbocycles. The molecule has 0 unspecified atom stereocenters. The van der Waals surface area contributed by atoms with E-state index in [0.717, 1.165) is 12.1 Å². The lowest BCUT2D eigenvalue weighted by atomic mass is 10.1. The molecule has 0 saturated heterocycles. The molecular weight excluding hydrogens is 96.9 g/mol. The smallest absolute Gasteiger partial charge is 0.0151 e. The Hall–Kier alpha value is 0.0249. The first kappa shape index (κ1) is 8.02. The number of rotatable bonds is 2. The Kier molecular flexibility index (Phi) is 3.14. The highest BCUT2D eigenvalue weighted by molar-refractivity contribution is 6.04. The number of nitrogens with zero attached hydrogens (tertiary/aromatic N) is 1. The molecule has 0 rings (SSSR count). The average Bonchev–Trinajstić information content (AvgIpc) is 1.64. The first-order chi connectivity index (χ1) is 3.55. The molecule has 2 heteroatoms. The molecule has 0 saturated carbocycles. The fraction of sp³-hybridized carbons (Fsp3) is 1.00. The number of hydrogen-bond donors (Lipinski definition) is 0. The van der Waals surface area contributed by atoms with Crippen LogP contribution < -0.4 is 0 Å². The molecule has 0 amide bonds. The van der Waals surface area contributed by atoms with E-state index < -0.39 is 0 Å². The SMILES string of the molecule is [BH3-]N(C(C)C)C(C)C. The summed E-state index contributed by atoms with van der Waals surface area (Å²) in [7, 11) is 0.426. The Morgan fingerprint density at radius 1 is 1.00 bits per heavy atom. The lowest BCUT2D eigenvalue weighted by Crippen LogP contribution is -2.34. The average molecular weight is 114 g/mol. The number of hydrogen-bond acceptors (Lipinski definition) is 1. The van der Waals surface area contributed by atoms with Gasteiger partial charge in [0.2, 0.25) is 0 Å². The standard InChI is InChI=1S/C6H17BN/c1-5(2)8(7)6(3)4/h5-6H,1-4,7H3/q-1. The van der Waals surface area contributed by atoms with Gasteiger partial charge in [0, 0.05) is 7.98 Å². The van der Waals surface area contributed by atoms with Crippen molar-refractivity contribution in [2.75, 3.05) is 0 Å². The van der Waals surface area contributed by atoms with Crippen molar-refractivity contribution in [3.63, 3.8) is 0 Å². The zero-order valence-electron chi connectivity index (χ0n) is 5.60. The van der Waals surface area contributed by atoms with Gasteiger partial charge in [-0.2, -0.15) is 0 Å². The van der Waals surface area contributed by atoms with E-state index in [1.54, 1.807) is 0 Å². The molecule has 1 nitrogen and oxygen atoms in total. The summed E-state index contributed by atoms with van der Waals surface area (Å²) in [6.45, 7) is 9.08. The third-order valence-electron chi connectivity index (χ3n) is 0.596. The molecule has 0 aromatic rings. The van der Waals surface area contributed by atoms with E-state index in [4.69, 9.17) is 0 Å². The molecule has 0 aliphatic heterocycles. The quantitative estimate of drug-likeness (QED) is 0.469. The molecule has 0 aliphatic rings. The predicted molar refractivity (Wildman–Crippen MR) is 42.1 cm³/mol. The van der Waals surface area contributed by atoms with E-state index >= 15 is 0 Å². The molecule has 0 bridgehead atoms. The summed E-state index contributed by atoms with van der Waals surface area (Å²) in [5, 5.41) is 0. The van der Waals surface area contributed by atoms with Gasteiger partial charge in [0.05, 0.1) is 0 Å². The fourth-order valence-electron chi connectivity index (χ4n) is 0.596. The molecule has 0 aromatic heterocycles. The topological polar surface area (TPSA) is 3.24 Å². The van der Waals surface area contributed by atoms with Crippen LogP contribution in [-0.2, 0) is 0 Å². The molecule has 0 spiro atoms. The molecule has 0 atom stereocenters. The molecule has 0 radical (unpaired) electrons. The zero-order valence-corrected chi connectivity index (χ0v) is 5.60. The van der Waals surface area contributed by atoms with E-state index in [9.17, 15) is 0 Å². The minimum Gasteiger partial charge on any atom is -0.480 e. The largest absolute Gasteiger partial charge is 0.480 e. The summed E-state index contributed by atoms with van der Waals surface area (Å²) >= 11 is 0. The van der Waals surface area contributed by atoms with Crippen LogP contribution in [0.2, 0.25) is 0 Å². The van der Waals surface area contributed by atoms with Gasteiger partial charge in [0.15, 0.2) is 0 Å². The van der Waals surface area contributed by atoms with Gasteiger partial charge in [-0.15, -0.1) is 0 Å². The van der Waals surface area contributed by atoms with Gasteiger partial charge in [-0.05, 0) is 12.1 Å². The van der Waals surface area contributed by atoms with Gasteiger partial charge in [0.1, 0.15) is 0 Å². The normalized spacial score (nSPS) is 12.0. The summed E-state index contributed by atoms with van der Waals surface area (Å²) in [5.41, 5.74) is 0. The minimum absolute atomic E-state index is 0.426. The third-order valence-corrected chi connectivity index (χ3v) is 0.596. The Labute approximate surface area is 53.5 Å². The molecular formula is C6H17BN-. The van der Waals surface area contributed by atoms with Crippen LogP contribution in [0.25, 0.3) is 0 Å². The van der Waals surface area contributed by atoms with Crippen molar-refractivity contribution in [2.45, 2.75) is 39.8 Å². The highest BCUT2D eigenvalue weighted by Crippen LogP contribution is 1.97. The fourth-order valence-corrected chi connectivity index (χ4v) is 0.596. The van der Waals surface area contributed by atoms with Crippen LogP contribution in [0.5, 0.6) is 0 Å². The van der Waals surface area contributed by atoms with Crippen LogP contribution in [0, 0.1) is 0 Å². The van der Waals surface area contributed by atoms with Crippen molar-refractivity contribution in [2.24, 2.45) is 0 Å². The van der Waals surface area contributed by atoms with E-state index in [2.05, 4.69) is 32.5 Å². The first-order valence-electron chi connectivity index (χ1n) is 2.83. The van der Waals surface area contributed by atoms with E-state index in [0.29, 0.717) is 7.98 Å². The Morgan fingerprint density at radius 3 is 1.25 bits per heavy atom. The predicted octanol–water partition coefficient (Wildman–Crippen LogP) is 0.386. The van der Waals surface area contributed by atoms with E-state index in [1.807, 2.05) is 0 Å². The lowest BCUT2D eigenvalue weighted by Gasteiger charge is -2.32. The van der Waals surface area contributed by atoms with Gasteiger partial charge in [0.25, 0.3) is 0 Å². The minimum atomic E-state index is 0.426. The van der Waals surface area contributed by atoms with Crippen molar-refractivity contribution < 1.29 is 0 Å². The van der Waals surface area contributed by atoms with Gasteiger partial charge in [-0.1, -0.05) is 27.7 Å². The van der Waals surface area contributed by atoms with Crippen molar-refractivity contribution in [1.29, 1.82) is 0 Å². The van der Waals surface area contributed by atoms with Crippen LogP contribution in [0.15, 0.2) is 0 Å². The van der Waals surface area contributed by atoms with Crippen LogP contribution in [0.3, 0.4) is 0 Å². The maximum Gasteiger partial charge on any atom is 0.0151 e. The summed E-state index contributed by atoms with van der Waals surface area (Å²) in [6, 6.07) is 1.57. The summed E-state index contributed by atoms with van der Waals surface area (Å²) < 4.78 is 0. The summed E-state index contributed by atoms with van der Waals surface area (Å²) in [6.07, 6.45) is 0. The Balaban J connectivity index is 3.46. The van der Waals surface area contributed by atoms with Crippen LogP contribution >= 0.6 is 0 Å². The Morgan fingerprint density at radius 2 is 1.25 bits per heavy atom. The molecule has 0 heterocycles. The molecule has 0 fully saturated rings. The highest BCUT2D eigenvalue weighted by Gasteiger charge is 1.98. The molecule has 0 aliphatic carbocycles. The molecule has 50 valence electrons. The zero-order chi connectivity index (χ0) is 6.73. The first-order valence-corrected chi connectivity index (χ1v) is 2.83. The maximum absolute atomic E-state index is 2.58. The van der Waals surface area contributed by atoms with Gasteiger partial charge < -0.3 is 4.81 Å².